The van der Waals surface area contributed by atoms with E-state index >= 15 is 0 Å². The number of aryl methyl sites for hydroxylation is 1. The van der Waals surface area contributed by atoms with Crippen LogP contribution in [0.15, 0.2) is 47.4 Å². The molecular formula is C17H17NO3S. The summed E-state index contributed by atoms with van der Waals surface area (Å²) in [5.74, 6) is 0.492. The summed E-state index contributed by atoms with van der Waals surface area (Å²) in [5.41, 5.74) is 2.16. The van der Waals surface area contributed by atoms with E-state index in [1.54, 1.807) is 6.07 Å². The molecule has 0 atom stereocenters. The van der Waals surface area contributed by atoms with Crippen molar-refractivity contribution in [2.45, 2.75) is 31.6 Å². The molecule has 0 aliphatic carbocycles. The molecule has 0 aromatic heterocycles. The Morgan fingerprint density at radius 2 is 1.73 bits per heavy atom. The maximum atomic E-state index is 12.4. The molecule has 0 spiro atoms. The molecule has 0 radical (unpaired) electrons. The molecule has 2 rings (SSSR count). The molecule has 114 valence electrons. The van der Waals surface area contributed by atoms with Gasteiger partial charge in [-0.1, -0.05) is 26.0 Å². The average molecular weight is 315 g/mol. The number of benzene rings is 2. The monoisotopic (exact) mass is 315 g/mol. The second-order valence-electron chi connectivity index (χ2n) is 5.37. The normalized spacial score (nSPS) is 11.2. The Bertz CT molecular complexity index is 816. The summed E-state index contributed by atoms with van der Waals surface area (Å²) in [6.07, 6.45) is 0. The minimum absolute atomic E-state index is 0.0303. The second-order valence-corrected chi connectivity index (χ2v) is 6.92. The molecule has 2 aromatic carbocycles. The molecule has 0 unspecified atom stereocenters. The minimum atomic E-state index is -3.92. The SMILES string of the molecule is Cc1ccc(C(C)C)c(OS(=O)(=O)c2ccc(C#N)cc2)c1. The van der Waals surface area contributed by atoms with Crippen LogP contribution in [0.2, 0.25) is 0 Å². The van der Waals surface area contributed by atoms with E-state index in [-0.39, 0.29) is 10.8 Å². The second kappa shape index (κ2) is 6.20. The van der Waals surface area contributed by atoms with Gasteiger partial charge in [-0.3, -0.25) is 0 Å². The van der Waals surface area contributed by atoms with Crippen molar-refractivity contribution >= 4 is 10.1 Å². The molecule has 0 fully saturated rings. The Hall–Kier alpha value is -2.32. The van der Waals surface area contributed by atoms with Crippen molar-refractivity contribution in [3.8, 4) is 11.8 Å². The van der Waals surface area contributed by atoms with E-state index in [4.69, 9.17) is 9.44 Å². The number of hydrogen-bond acceptors (Lipinski definition) is 4. The standard InChI is InChI=1S/C17H17NO3S/c1-12(2)16-9-4-13(3)10-17(16)21-22(19,20)15-7-5-14(11-18)6-8-15/h4-10,12H,1-3H3. The van der Waals surface area contributed by atoms with Crippen molar-refractivity contribution in [1.82, 2.24) is 0 Å². The van der Waals surface area contributed by atoms with E-state index in [1.165, 1.54) is 24.3 Å². The van der Waals surface area contributed by atoms with Gasteiger partial charge in [0, 0.05) is 0 Å². The first-order chi connectivity index (χ1) is 10.3. The number of rotatable bonds is 4. The average Bonchev–Trinajstić information content (AvgIpc) is 2.46. The fourth-order valence-corrected chi connectivity index (χ4v) is 3.00. The summed E-state index contributed by atoms with van der Waals surface area (Å²) < 4.78 is 30.1. The van der Waals surface area contributed by atoms with Gasteiger partial charge in [0.15, 0.2) is 0 Å². The van der Waals surface area contributed by atoms with Crippen molar-refractivity contribution in [2.75, 3.05) is 0 Å². The Balaban J connectivity index is 2.40. The summed E-state index contributed by atoms with van der Waals surface area (Å²) in [5, 5.41) is 8.76. The quantitative estimate of drug-likeness (QED) is 0.806. The van der Waals surface area contributed by atoms with Gasteiger partial charge in [-0.2, -0.15) is 13.7 Å². The van der Waals surface area contributed by atoms with Crippen LogP contribution >= 0.6 is 0 Å². The molecule has 0 saturated carbocycles. The maximum Gasteiger partial charge on any atom is 0.339 e. The highest BCUT2D eigenvalue weighted by Crippen LogP contribution is 2.30. The van der Waals surface area contributed by atoms with Gasteiger partial charge in [0.2, 0.25) is 0 Å². The van der Waals surface area contributed by atoms with E-state index in [0.717, 1.165) is 11.1 Å². The van der Waals surface area contributed by atoms with Crippen molar-refractivity contribution in [3.63, 3.8) is 0 Å². The summed E-state index contributed by atoms with van der Waals surface area (Å²) in [6.45, 7) is 5.84. The number of nitrogens with zero attached hydrogens (tertiary/aromatic N) is 1. The predicted molar refractivity (Wildman–Crippen MR) is 84.2 cm³/mol. The van der Waals surface area contributed by atoms with Gasteiger partial charge < -0.3 is 4.18 Å². The molecule has 22 heavy (non-hydrogen) atoms. The lowest BCUT2D eigenvalue weighted by Crippen LogP contribution is -2.11. The lowest BCUT2D eigenvalue weighted by atomic mass is 10.0. The van der Waals surface area contributed by atoms with Gasteiger partial charge in [0.05, 0.1) is 11.6 Å². The fraction of sp³-hybridized carbons (Fsp3) is 0.235. The van der Waals surface area contributed by atoms with Crippen LogP contribution in [0.4, 0.5) is 0 Å². The molecule has 2 aromatic rings. The first-order valence-corrected chi connectivity index (χ1v) is 8.29. The molecule has 4 nitrogen and oxygen atoms in total. The van der Waals surface area contributed by atoms with Crippen LogP contribution in [-0.2, 0) is 10.1 Å². The van der Waals surface area contributed by atoms with Gasteiger partial charge in [-0.15, -0.1) is 0 Å². The lowest BCUT2D eigenvalue weighted by Gasteiger charge is -2.14. The van der Waals surface area contributed by atoms with Gasteiger partial charge in [-0.05, 0) is 54.3 Å². The molecule has 5 heteroatoms. The molecule has 0 heterocycles. The third-order valence-corrected chi connectivity index (χ3v) is 4.51. The zero-order valence-electron chi connectivity index (χ0n) is 12.7. The molecule has 0 aliphatic heterocycles. The van der Waals surface area contributed by atoms with Crippen LogP contribution in [0.25, 0.3) is 0 Å². The Morgan fingerprint density at radius 1 is 1.09 bits per heavy atom. The highest BCUT2D eigenvalue weighted by Gasteiger charge is 2.19. The maximum absolute atomic E-state index is 12.4. The van der Waals surface area contributed by atoms with E-state index in [9.17, 15) is 8.42 Å². The highest BCUT2D eigenvalue weighted by atomic mass is 32.2. The minimum Gasteiger partial charge on any atom is -0.379 e. The molecule has 0 N–H and O–H groups in total. The zero-order chi connectivity index (χ0) is 16.3. The predicted octanol–water partition coefficient (Wildman–Crippen LogP) is 3.76. The largest absolute Gasteiger partial charge is 0.379 e. The van der Waals surface area contributed by atoms with Gasteiger partial charge in [0.25, 0.3) is 0 Å². The van der Waals surface area contributed by atoms with Crippen molar-refractivity contribution in [3.05, 3.63) is 59.2 Å². The van der Waals surface area contributed by atoms with Gasteiger partial charge in [0.1, 0.15) is 10.6 Å². The molecular weight excluding hydrogens is 298 g/mol. The first kappa shape index (κ1) is 16.1. The van der Waals surface area contributed by atoms with Crippen LogP contribution in [0.5, 0.6) is 5.75 Å². The van der Waals surface area contributed by atoms with E-state index < -0.39 is 10.1 Å². The van der Waals surface area contributed by atoms with Crippen molar-refractivity contribution < 1.29 is 12.6 Å². The van der Waals surface area contributed by atoms with Crippen LogP contribution in [-0.4, -0.2) is 8.42 Å². The number of nitriles is 1. The summed E-state index contributed by atoms with van der Waals surface area (Å²) in [4.78, 5) is 0.0303. The summed E-state index contributed by atoms with van der Waals surface area (Å²) in [6, 6.07) is 13.1. The van der Waals surface area contributed by atoms with Crippen LogP contribution in [0.3, 0.4) is 0 Å². The third-order valence-electron chi connectivity index (χ3n) is 3.26. The molecule has 0 amide bonds. The Labute approximate surface area is 131 Å². The summed E-state index contributed by atoms with van der Waals surface area (Å²) >= 11 is 0. The number of hydrogen-bond donors (Lipinski definition) is 0. The Morgan fingerprint density at radius 3 is 2.27 bits per heavy atom. The molecule has 0 saturated heterocycles. The molecule has 0 bridgehead atoms. The topological polar surface area (TPSA) is 67.2 Å². The lowest BCUT2D eigenvalue weighted by molar-refractivity contribution is 0.481. The van der Waals surface area contributed by atoms with Crippen LogP contribution < -0.4 is 4.18 Å². The smallest absolute Gasteiger partial charge is 0.339 e. The van der Waals surface area contributed by atoms with Crippen molar-refractivity contribution in [2.24, 2.45) is 0 Å². The Kier molecular flexibility index (Phi) is 4.53. The summed E-state index contributed by atoms with van der Waals surface area (Å²) in [7, 11) is -3.92. The highest BCUT2D eigenvalue weighted by molar-refractivity contribution is 7.87. The van der Waals surface area contributed by atoms with E-state index in [1.807, 2.05) is 39.0 Å². The van der Waals surface area contributed by atoms with Crippen LogP contribution in [0.1, 0.15) is 36.5 Å². The molecule has 0 aliphatic rings. The first-order valence-electron chi connectivity index (χ1n) is 6.88. The van der Waals surface area contributed by atoms with Crippen molar-refractivity contribution in [1.29, 1.82) is 5.26 Å². The van der Waals surface area contributed by atoms with E-state index in [2.05, 4.69) is 0 Å². The third kappa shape index (κ3) is 3.46. The van der Waals surface area contributed by atoms with Gasteiger partial charge >= 0.3 is 10.1 Å². The van der Waals surface area contributed by atoms with Crippen LogP contribution in [0, 0.1) is 18.3 Å². The van der Waals surface area contributed by atoms with E-state index in [0.29, 0.717) is 11.3 Å². The fourth-order valence-electron chi connectivity index (χ4n) is 2.05. The van der Waals surface area contributed by atoms with Gasteiger partial charge in [-0.25, -0.2) is 0 Å². The zero-order valence-corrected chi connectivity index (χ0v) is 13.5.